The normalized spacial score (nSPS) is 25.7. The van der Waals surface area contributed by atoms with Crippen LogP contribution in [-0.2, 0) is 80.3 Å². The summed E-state index contributed by atoms with van der Waals surface area (Å²) in [4.78, 5) is 160. The molecule has 3 saturated carbocycles. The minimum Gasteiger partial charge on any atom is -0.508 e. The highest BCUT2D eigenvalue weighted by atomic mass is 16.4. The van der Waals surface area contributed by atoms with Crippen LogP contribution >= 0.6 is 0 Å². The first-order valence-corrected chi connectivity index (χ1v) is 40.9. The number of aliphatic hydroxyl groups is 10. The van der Waals surface area contributed by atoms with Crippen molar-refractivity contribution in [3.05, 3.63) is 155 Å². The second-order valence-corrected chi connectivity index (χ2v) is 37.0. The second kappa shape index (κ2) is 35.2. The molecule has 1 aliphatic heterocycles. The van der Waals surface area contributed by atoms with Crippen LogP contribution < -0.4 is 43.0 Å². The number of anilines is 3. The number of hydrogen-bond acceptors (Lipinski definition) is 33. The van der Waals surface area contributed by atoms with Crippen LogP contribution in [0.5, 0.6) is 17.2 Å². The Hall–Kier alpha value is -12.2. The molecule has 14 rings (SSSR count). The van der Waals surface area contributed by atoms with Crippen molar-refractivity contribution in [2.75, 3.05) is 106 Å². The van der Waals surface area contributed by atoms with Crippen LogP contribution in [0, 0.1) is 40.9 Å². The van der Waals surface area contributed by atoms with Crippen LogP contribution in [0.3, 0.4) is 0 Å². The van der Waals surface area contributed by atoms with Crippen molar-refractivity contribution >= 4 is 105 Å². The van der Waals surface area contributed by atoms with Crippen LogP contribution in [0.4, 0.5) is 17.1 Å². The first-order valence-electron chi connectivity index (χ1n) is 40.9. The van der Waals surface area contributed by atoms with Crippen LogP contribution in [0.15, 0.2) is 99.2 Å². The number of aldehydes is 1. The minimum absolute atomic E-state index is 0.0237. The van der Waals surface area contributed by atoms with E-state index in [-0.39, 0.29) is 113 Å². The third-order valence-corrected chi connectivity index (χ3v) is 25.3. The Morgan fingerprint density at radius 2 is 0.795 bits per heavy atom. The molecule has 9 aliphatic carbocycles. The number of nitrogens with one attached hydrogen (secondary N) is 1. The number of primary amides is 3. The highest BCUT2D eigenvalue weighted by molar-refractivity contribution is 6.27. The van der Waals surface area contributed by atoms with Crippen molar-refractivity contribution < 1.29 is 124 Å². The minimum atomic E-state index is -2.66. The molecule has 5 amide bonds. The zero-order valence-electron chi connectivity index (χ0n) is 74.1. The number of phenols is 3. The van der Waals surface area contributed by atoms with Crippen molar-refractivity contribution in [2.24, 2.45) is 63.9 Å². The summed E-state index contributed by atoms with van der Waals surface area (Å²) in [5.74, 6) is -20.7. The number of aromatic hydroxyl groups is 3. The number of ketones is 6. The van der Waals surface area contributed by atoms with Gasteiger partial charge in [-0.25, -0.2) is 0 Å². The number of imide groups is 1. The van der Waals surface area contributed by atoms with Gasteiger partial charge in [0.25, 0.3) is 29.5 Å². The summed E-state index contributed by atoms with van der Waals surface area (Å²) >= 11 is 0. The molecule has 0 unspecified atom stereocenters. The summed E-state index contributed by atoms with van der Waals surface area (Å²) in [6, 6.07) is 9.85. The van der Waals surface area contributed by atoms with Crippen LogP contribution in [0.25, 0.3) is 17.3 Å². The van der Waals surface area contributed by atoms with E-state index in [0.29, 0.717) is 51.1 Å². The van der Waals surface area contributed by atoms with E-state index in [0.717, 1.165) is 22.6 Å². The van der Waals surface area contributed by atoms with Gasteiger partial charge < -0.3 is 114 Å². The average Bonchev–Trinajstić information content (AvgIpc) is 0.878. The molecule has 684 valence electrons. The molecule has 37 nitrogen and oxygen atoms in total. The highest BCUT2D eigenvalue weighted by Gasteiger charge is 2.68. The molecule has 0 saturated heterocycles. The van der Waals surface area contributed by atoms with Crippen molar-refractivity contribution in [2.45, 2.75) is 140 Å². The smallest absolute Gasteiger partial charge is 0.263 e. The SMILES string of the molecule is CC(C)(C)CC=O.CN(C)c1cc(CN)c(O)c2c1C[C@H]1C[C@H]3[C@H](N(C)C)C(=O)C(C(N)=O)=C(O)[C@@]3(O)C(=O)C1=C2O.CN(C)c1cc(CNC(C)(C)C)c(O)c2c1C[C@H]1C[C@H]3[C@H](N(C)C)C(=O)C(C(N)=O)=C(O)[C@@]3(O)C(=O)C1=C2O.CN(C)c1ccc(O)c2c1C[C@H]1C[C@H]3[C@H](N(C)C)C(=O)C(C(N)=O)=C(O)[C@@]3(O)C(=O)C1=C2O.O=C1c2ccccc2C(=O)N1CO. The number of nitrogens with zero attached hydrogens (tertiary/aromatic N) is 7. The Balaban J connectivity index is 0.000000179. The van der Waals surface area contributed by atoms with Gasteiger partial charge in [0.05, 0.1) is 45.9 Å². The maximum Gasteiger partial charge on any atom is 0.263 e. The number of aliphatic hydroxyl groups excluding tert-OH is 7. The number of nitrogens with two attached hydrogens (primary N) is 4. The Kier molecular flexibility index (Phi) is 26.9. The molecule has 12 atom stereocenters. The molecule has 0 radical (unpaired) electrons. The predicted molar refractivity (Wildman–Crippen MR) is 464 cm³/mol. The zero-order valence-corrected chi connectivity index (χ0v) is 74.1. The van der Waals surface area contributed by atoms with Gasteiger partial charge in [0.15, 0.2) is 34.2 Å². The van der Waals surface area contributed by atoms with Crippen molar-refractivity contribution in [1.29, 1.82) is 0 Å². The Morgan fingerprint density at radius 1 is 0.480 bits per heavy atom. The number of carbonyl (C=O) groups is 12. The van der Waals surface area contributed by atoms with E-state index < -0.39 is 193 Å². The van der Waals surface area contributed by atoms with Gasteiger partial charge >= 0.3 is 0 Å². The lowest BCUT2D eigenvalue weighted by Gasteiger charge is -2.50. The Morgan fingerprint density at radius 3 is 1.07 bits per heavy atom. The van der Waals surface area contributed by atoms with E-state index >= 15 is 0 Å². The van der Waals surface area contributed by atoms with E-state index in [1.165, 1.54) is 20.8 Å². The number of benzene rings is 4. The van der Waals surface area contributed by atoms with Gasteiger partial charge in [0, 0.05) is 130 Å². The molecule has 4 aromatic carbocycles. The highest BCUT2D eigenvalue weighted by Crippen LogP contribution is 2.59. The van der Waals surface area contributed by atoms with Gasteiger partial charge in [0.2, 0.25) is 17.3 Å². The van der Waals surface area contributed by atoms with Gasteiger partial charge in [-0.1, -0.05) is 32.9 Å². The van der Waals surface area contributed by atoms with Gasteiger partial charge in [0.1, 0.15) is 81.5 Å². The zero-order chi connectivity index (χ0) is 95.4. The Bertz CT molecular complexity index is 5530. The van der Waals surface area contributed by atoms with Crippen LogP contribution in [-0.4, -0.2) is 288 Å². The summed E-state index contributed by atoms with van der Waals surface area (Å²) in [5.41, 5.74) is 16.6. The third kappa shape index (κ3) is 16.3. The van der Waals surface area contributed by atoms with E-state index in [2.05, 4.69) is 5.32 Å². The fraction of sp³-hybridized carbons (Fsp3) is 0.467. The molecule has 0 spiro atoms. The summed E-state index contributed by atoms with van der Waals surface area (Å²) in [6.45, 7) is 11.8. The molecule has 127 heavy (non-hydrogen) atoms. The molecule has 10 aliphatic rings. The first-order chi connectivity index (χ1) is 58.9. The number of phenolic OH excluding ortho intramolecular Hbond substituents is 3. The Labute approximate surface area is 732 Å². The molecular formula is C90H114N12O25. The number of likely N-dealkylation sites (N-methyl/N-ethyl adjacent to an activating group) is 3. The standard InChI is InChI=1S/C28H38N4O7.C24H30N4O7.C23H27N3O7.C9H7NO3.C6H12O/c1-27(2,3)30-11-13-10-16(31(4)5)14-8-12-9-15-20(32(6)7)23(35)19(26(29)38)25(37)28(15,39)24(36)17(12)22(34)18(14)21(13)33;1-27(2)13-7-10(8-25)18(29)15-11(13)5-9-6-12-17(28(3)4)20(31)16(23(26)34)22(33)24(12,35)21(32)14(9)19(15)30;1-25(2)12-5-6-13(27)15-10(12)7-9-8-11-17(26(3)4)19(29)16(22(24)32)21(31)23(11,33)20(30)14(9)18(15)28;11-5-10-8(12)6-3-1-2-4-7(6)9(10)13;1-6(2,3)4-5-7/h10,12,15,20,30,33-34,37,39H,8-9,11H2,1-7H3,(H2,29,38);7,9,12,17,29-30,33,35H,5-6,8,25H2,1-4H3,(H2,26,34);5-6,9,11,17,27-28,31,33H,7-8H2,1-4H3,(H2,24,32);1-4,11H,5H2;5H,4H2,1-3H3/t12-,15-,20-,28-;9-,12-,17-,24-;9-,11-,17-,23-;;/m000../s1. The predicted octanol–water partition coefficient (Wildman–Crippen LogP) is 2.29. The lowest BCUT2D eigenvalue weighted by Crippen LogP contribution is -2.65. The summed E-state index contributed by atoms with van der Waals surface area (Å²) < 4.78 is 0. The van der Waals surface area contributed by atoms with E-state index in [4.69, 9.17) is 28.0 Å². The number of rotatable bonds is 14. The number of amides is 5. The fourth-order valence-corrected chi connectivity index (χ4v) is 19.4. The molecule has 37 heteroatoms. The lowest BCUT2D eigenvalue weighted by molar-refractivity contribution is -0.155. The molecule has 3 fully saturated rings. The molecule has 0 bridgehead atoms. The van der Waals surface area contributed by atoms with Gasteiger partial charge in [-0.2, -0.15) is 0 Å². The number of hydrogen-bond donors (Lipinski definition) is 18. The summed E-state index contributed by atoms with van der Waals surface area (Å²) in [6.07, 6.45) is 2.49. The number of Topliss-reactive ketones (excluding diaryl/α,β-unsaturated/α-hetero) is 6. The van der Waals surface area contributed by atoms with E-state index in [1.54, 1.807) is 97.7 Å². The van der Waals surface area contributed by atoms with E-state index in [9.17, 15) is 119 Å². The molecule has 22 N–H and O–H groups in total. The average molecular weight is 1760 g/mol. The quantitative estimate of drug-likeness (QED) is 0.0489. The lowest BCUT2D eigenvalue weighted by atomic mass is 9.57. The molecular weight excluding hydrogens is 1650 g/mol. The molecule has 4 aromatic rings. The molecule has 0 aromatic heterocycles. The maximum atomic E-state index is 14.0. The maximum absolute atomic E-state index is 14.0. The second-order valence-electron chi connectivity index (χ2n) is 37.0. The third-order valence-electron chi connectivity index (χ3n) is 25.3. The largest absolute Gasteiger partial charge is 0.508 e. The van der Waals surface area contributed by atoms with Gasteiger partial charge in [-0.15, -0.1) is 0 Å². The fourth-order valence-electron chi connectivity index (χ4n) is 19.4. The van der Waals surface area contributed by atoms with Crippen molar-refractivity contribution in [3.8, 4) is 17.2 Å². The summed E-state index contributed by atoms with van der Waals surface area (Å²) in [5, 5.41) is 146. The van der Waals surface area contributed by atoms with E-state index in [1.807, 2.05) is 85.6 Å². The summed E-state index contributed by atoms with van der Waals surface area (Å²) in [7, 11) is 20.3. The van der Waals surface area contributed by atoms with Crippen LogP contribution in [0.1, 0.15) is 132 Å². The monoisotopic (exact) mass is 1760 g/mol. The van der Waals surface area contributed by atoms with Crippen molar-refractivity contribution in [3.63, 3.8) is 0 Å². The van der Waals surface area contributed by atoms with Gasteiger partial charge in [-0.05, 0) is 178 Å². The van der Waals surface area contributed by atoms with Crippen LogP contribution in [0.2, 0.25) is 0 Å². The topological polar surface area (TPSA) is 607 Å². The van der Waals surface area contributed by atoms with Crippen molar-refractivity contribution in [1.82, 2.24) is 24.9 Å². The number of carbonyl (C=O) groups excluding carboxylic acids is 12. The first kappa shape index (κ1) is 97.0. The molecule has 1 heterocycles. The van der Waals surface area contributed by atoms with Gasteiger partial charge in [-0.3, -0.25) is 72.3 Å². The number of fused-ring (bicyclic) bond motifs is 10.